The molecule has 0 radical (unpaired) electrons. The summed E-state index contributed by atoms with van der Waals surface area (Å²) in [5.74, 6) is 0.826. The molecule has 0 aliphatic carbocycles. The summed E-state index contributed by atoms with van der Waals surface area (Å²) in [5.41, 5.74) is 0.705. The minimum Gasteiger partial charge on any atom is -0.497 e. The van der Waals surface area contributed by atoms with Crippen molar-refractivity contribution >= 4 is 5.91 Å². The zero-order chi connectivity index (χ0) is 15.2. The zero-order valence-electron chi connectivity index (χ0n) is 13.2. The zero-order valence-corrected chi connectivity index (χ0v) is 13.2. The first-order valence-electron chi connectivity index (χ1n) is 7.40. The molecular formula is C16H25N3O2. The maximum atomic E-state index is 12.5. The number of carbonyl (C=O) groups is 1. The second-order valence-electron chi connectivity index (χ2n) is 5.67. The number of benzene rings is 1. The minimum absolute atomic E-state index is 0.0983. The van der Waals surface area contributed by atoms with Crippen molar-refractivity contribution in [3.8, 4) is 5.75 Å². The van der Waals surface area contributed by atoms with Gasteiger partial charge in [-0.1, -0.05) is 6.07 Å². The highest BCUT2D eigenvalue weighted by molar-refractivity contribution is 5.94. The first-order valence-corrected chi connectivity index (χ1v) is 7.40. The highest BCUT2D eigenvalue weighted by Crippen LogP contribution is 2.15. The van der Waals surface area contributed by atoms with Gasteiger partial charge >= 0.3 is 0 Å². The fourth-order valence-corrected chi connectivity index (χ4v) is 2.45. The maximum absolute atomic E-state index is 12.5. The maximum Gasteiger partial charge on any atom is 0.254 e. The number of nitrogens with zero attached hydrogens (tertiary/aromatic N) is 3. The molecule has 0 atom stereocenters. The molecule has 0 unspecified atom stereocenters. The SMILES string of the molecule is COc1cccc(C(=O)N2CCN(CCN(C)C)CC2)c1. The topological polar surface area (TPSA) is 36.0 Å². The number of piperazine rings is 1. The van der Waals surface area contributed by atoms with Gasteiger partial charge in [-0.3, -0.25) is 9.69 Å². The van der Waals surface area contributed by atoms with E-state index in [1.807, 2.05) is 23.1 Å². The van der Waals surface area contributed by atoms with E-state index < -0.39 is 0 Å². The molecule has 21 heavy (non-hydrogen) atoms. The summed E-state index contributed by atoms with van der Waals surface area (Å²) in [6, 6.07) is 7.37. The number of hydrogen-bond acceptors (Lipinski definition) is 4. The van der Waals surface area contributed by atoms with E-state index in [-0.39, 0.29) is 5.91 Å². The van der Waals surface area contributed by atoms with Gasteiger partial charge in [0.05, 0.1) is 7.11 Å². The largest absolute Gasteiger partial charge is 0.497 e. The van der Waals surface area contributed by atoms with Crippen molar-refractivity contribution in [3.63, 3.8) is 0 Å². The Bertz CT molecular complexity index is 468. The second kappa shape index (κ2) is 7.43. The van der Waals surface area contributed by atoms with Gasteiger partial charge in [0.2, 0.25) is 0 Å². The van der Waals surface area contributed by atoms with Crippen LogP contribution in [-0.4, -0.2) is 81.1 Å². The predicted molar refractivity (Wildman–Crippen MR) is 83.9 cm³/mol. The average Bonchev–Trinajstić information content (AvgIpc) is 2.52. The van der Waals surface area contributed by atoms with E-state index in [9.17, 15) is 4.79 Å². The van der Waals surface area contributed by atoms with Gasteiger partial charge in [0.25, 0.3) is 5.91 Å². The number of hydrogen-bond donors (Lipinski definition) is 0. The van der Waals surface area contributed by atoms with Crippen molar-refractivity contribution in [1.29, 1.82) is 0 Å². The summed E-state index contributed by atoms with van der Waals surface area (Å²) in [5, 5.41) is 0. The summed E-state index contributed by atoms with van der Waals surface area (Å²) in [6.07, 6.45) is 0. The van der Waals surface area contributed by atoms with Gasteiger partial charge in [0.15, 0.2) is 0 Å². The van der Waals surface area contributed by atoms with Crippen molar-refractivity contribution < 1.29 is 9.53 Å². The van der Waals surface area contributed by atoms with Crippen LogP contribution in [0.3, 0.4) is 0 Å². The lowest BCUT2D eigenvalue weighted by Crippen LogP contribution is -2.49. The van der Waals surface area contributed by atoms with Crippen LogP contribution in [0, 0.1) is 0 Å². The van der Waals surface area contributed by atoms with Crippen LogP contribution in [0.2, 0.25) is 0 Å². The summed E-state index contributed by atoms with van der Waals surface area (Å²) >= 11 is 0. The lowest BCUT2D eigenvalue weighted by Gasteiger charge is -2.35. The van der Waals surface area contributed by atoms with Crippen molar-refractivity contribution in [2.45, 2.75) is 0 Å². The van der Waals surface area contributed by atoms with Crippen molar-refractivity contribution in [2.24, 2.45) is 0 Å². The molecule has 1 fully saturated rings. The average molecular weight is 291 g/mol. The van der Waals surface area contributed by atoms with E-state index in [1.54, 1.807) is 13.2 Å². The van der Waals surface area contributed by atoms with Crippen LogP contribution >= 0.6 is 0 Å². The third-order valence-corrected chi connectivity index (χ3v) is 3.84. The summed E-state index contributed by atoms with van der Waals surface area (Å²) in [6.45, 7) is 5.61. The molecule has 0 spiro atoms. The highest BCUT2D eigenvalue weighted by atomic mass is 16.5. The van der Waals surface area contributed by atoms with E-state index in [0.717, 1.165) is 45.0 Å². The Morgan fingerprint density at radius 2 is 1.95 bits per heavy atom. The molecule has 0 N–H and O–H groups in total. The van der Waals surface area contributed by atoms with Gasteiger partial charge in [-0.25, -0.2) is 0 Å². The van der Waals surface area contributed by atoms with Crippen LogP contribution < -0.4 is 4.74 Å². The molecule has 5 heteroatoms. The molecule has 1 aromatic rings. The van der Waals surface area contributed by atoms with E-state index in [2.05, 4.69) is 23.9 Å². The Morgan fingerprint density at radius 1 is 1.24 bits per heavy atom. The standard InChI is InChI=1S/C16H25N3O2/c1-17(2)7-8-18-9-11-19(12-10-18)16(20)14-5-4-6-15(13-14)21-3/h4-6,13H,7-12H2,1-3H3. The van der Waals surface area contributed by atoms with Gasteiger partial charge in [0, 0.05) is 44.8 Å². The predicted octanol–water partition coefficient (Wildman–Crippen LogP) is 1.01. The number of likely N-dealkylation sites (N-methyl/N-ethyl adjacent to an activating group) is 1. The molecule has 0 bridgehead atoms. The molecule has 1 aliphatic rings. The third-order valence-electron chi connectivity index (χ3n) is 3.84. The van der Waals surface area contributed by atoms with Gasteiger partial charge in [0.1, 0.15) is 5.75 Å². The fourth-order valence-electron chi connectivity index (χ4n) is 2.45. The highest BCUT2D eigenvalue weighted by Gasteiger charge is 2.22. The molecule has 1 aliphatic heterocycles. The summed E-state index contributed by atoms with van der Waals surface area (Å²) < 4.78 is 5.18. The molecule has 116 valence electrons. The van der Waals surface area contributed by atoms with Gasteiger partial charge in [-0.05, 0) is 32.3 Å². The Morgan fingerprint density at radius 3 is 2.57 bits per heavy atom. The molecule has 0 saturated carbocycles. The smallest absolute Gasteiger partial charge is 0.254 e. The van der Waals surface area contributed by atoms with E-state index in [0.29, 0.717) is 5.56 Å². The Kier molecular flexibility index (Phi) is 5.59. The van der Waals surface area contributed by atoms with Crippen LogP contribution in [0.1, 0.15) is 10.4 Å². The quantitative estimate of drug-likeness (QED) is 0.811. The van der Waals surface area contributed by atoms with Gasteiger partial charge in [-0.2, -0.15) is 0 Å². The molecule has 5 nitrogen and oxygen atoms in total. The van der Waals surface area contributed by atoms with E-state index in [1.165, 1.54) is 0 Å². The Hall–Kier alpha value is -1.59. The minimum atomic E-state index is 0.0983. The van der Waals surface area contributed by atoms with E-state index in [4.69, 9.17) is 4.74 Å². The lowest BCUT2D eigenvalue weighted by atomic mass is 10.1. The van der Waals surface area contributed by atoms with Crippen LogP contribution in [0.15, 0.2) is 24.3 Å². The van der Waals surface area contributed by atoms with Crippen LogP contribution in [0.5, 0.6) is 5.75 Å². The summed E-state index contributed by atoms with van der Waals surface area (Å²) in [7, 11) is 5.79. The normalized spacial score (nSPS) is 16.3. The molecule has 2 rings (SSSR count). The Balaban J connectivity index is 1.88. The van der Waals surface area contributed by atoms with Crippen molar-refractivity contribution in [3.05, 3.63) is 29.8 Å². The van der Waals surface area contributed by atoms with Crippen LogP contribution in [0.25, 0.3) is 0 Å². The van der Waals surface area contributed by atoms with Crippen LogP contribution in [-0.2, 0) is 0 Å². The molecule has 1 aromatic carbocycles. The molecular weight excluding hydrogens is 266 g/mol. The van der Waals surface area contributed by atoms with Gasteiger partial charge < -0.3 is 14.5 Å². The van der Waals surface area contributed by atoms with Gasteiger partial charge in [-0.15, -0.1) is 0 Å². The second-order valence-corrected chi connectivity index (χ2v) is 5.67. The van der Waals surface area contributed by atoms with E-state index >= 15 is 0 Å². The molecule has 1 saturated heterocycles. The lowest BCUT2D eigenvalue weighted by molar-refractivity contribution is 0.0629. The fraction of sp³-hybridized carbons (Fsp3) is 0.562. The first kappa shape index (κ1) is 15.8. The Labute approximate surface area is 127 Å². The van der Waals surface area contributed by atoms with Crippen LogP contribution in [0.4, 0.5) is 0 Å². The van der Waals surface area contributed by atoms with Crippen molar-refractivity contribution in [1.82, 2.24) is 14.7 Å². The molecule has 1 heterocycles. The molecule has 1 amide bonds. The number of rotatable bonds is 5. The summed E-state index contributed by atoms with van der Waals surface area (Å²) in [4.78, 5) is 19.0. The number of ether oxygens (including phenoxy) is 1. The third kappa shape index (κ3) is 4.44. The number of methoxy groups -OCH3 is 1. The number of amides is 1. The number of carbonyl (C=O) groups excluding carboxylic acids is 1. The van der Waals surface area contributed by atoms with Crippen molar-refractivity contribution in [2.75, 3.05) is 60.5 Å². The molecule has 0 aromatic heterocycles. The first-order chi connectivity index (χ1) is 10.1. The monoisotopic (exact) mass is 291 g/mol.